The van der Waals surface area contributed by atoms with Gasteiger partial charge < -0.3 is 15.4 Å². The molecule has 23 heavy (non-hydrogen) atoms. The van der Waals surface area contributed by atoms with E-state index in [1.165, 1.54) is 5.56 Å². The second-order valence-electron chi connectivity index (χ2n) is 6.17. The van der Waals surface area contributed by atoms with E-state index in [1.807, 2.05) is 18.2 Å². The van der Waals surface area contributed by atoms with E-state index in [0.29, 0.717) is 0 Å². The third-order valence-corrected chi connectivity index (χ3v) is 3.58. The van der Waals surface area contributed by atoms with Crippen LogP contribution in [0.4, 0.5) is 0 Å². The topological polar surface area (TPSA) is 45.7 Å². The molecule has 6 heteroatoms. The van der Waals surface area contributed by atoms with Crippen molar-refractivity contribution in [1.29, 1.82) is 0 Å². The molecule has 0 spiro atoms. The highest BCUT2D eigenvalue weighted by Gasteiger charge is 2.19. The number of hydrogen-bond acceptors (Lipinski definition) is 2. The van der Waals surface area contributed by atoms with Crippen LogP contribution in [0.3, 0.4) is 0 Å². The third-order valence-electron chi connectivity index (χ3n) is 3.35. The molecule has 0 atom stereocenters. The van der Waals surface area contributed by atoms with E-state index in [0.717, 1.165) is 43.5 Å². The molecule has 1 aromatic rings. The lowest BCUT2D eigenvalue weighted by Crippen LogP contribution is -2.43. The Morgan fingerprint density at radius 3 is 2.65 bits per heavy atom. The van der Waals surface area contributed by atoms with E-state index in [-0.39, 0.29) is 29.4 Å². The van der Waals surface area contributed by atoms with Gasteiger partial charge in [0.15, 0.2) is 5.96 Å². The monoisotopic (exact) mass is 453 g/mol. The molecule has 132 valence electrons. The highest BCUT2D eigenvalue weighted by atomic mass is 127. The van der Waals surface area contributed by atoms with Crippen molar-refractivity contribution < 1.29 is 4.74 Å². The summed E-state index contributed by atoms with van der Waals surface area (Å²) in [5, 5.41) is 7.46. The maximum absolute atomic E-state index is 6.05. The summed E-state index contributed by atoms with van der Waals surface area (Å²) in [5.74, 6) is 0.829. The van der Waals surface area contributed by atoms with E-state index >= 15 is 0 Å². The fourth-order valence-corrected chi connectivity index (χ4v) is 2.44. The number of rotatable bonds is 8. The van der Waals surface area contributed by atoms with Gasteiger partial charge in [-0.05, 0) is 36.0 Å². The van der Waals surface area contributed by atoms with Gasteiger partial charge in [0.05, 0.1) is 0 Å². The van der Waals surface area contributed by atoms with Crippen LogP contribution in [0.5, 0.6) is 0 Å². The lowest BCUT2D eigenvalue weighted by Gasteiger charge is -2.26. The molecule has 0 heterocycles. The third kappa shape index (κ3) is 10.0. The van der Waals surface area contributed by atoms with Gasteiger partial charge in [0.2, 0.25) is 0 Å². The number of hydrogen-bond donors (Lipinski definition) is 2. The lowest BCUT2D eigenvalue weighted by atomic mass is 9.86. The van der Waals surface area contributed by atoms with Crippen LogP contribution in [0.1, 0.15) is 25.8 Å². The molecule has 1 aromatic carbocycles. The number of nitrogens with zero attached hydrogens (tertiary/aromatic N) is 1. The van der Waals surface area contributed by atoms with Gasteiger partial charge in [0.25, 0.3) is 0 Å². The molecule has 1 rings (SSSR count). The Bertz CT molecular complexity index is 481. The molecule has 0 fully saturated rings. The molecule has 0 aliphatic heterocycles. The molecular formula is C17H29ClIN3O. The van der Waals surface area contributed by atoms with Crippen molar-refractivity contribution in [1.82, 2.24) is 10.6 Å². The fourth-order valence-electron chi connectivity index (χ4n) is 2.23. The number of benzene rings is 1. The van der Waals surface area contributed by atoms with Crippen LogP contribution in [0, 0.1) is 5.41 Å². The Hall–Kier alpha value is -0.530. The molecule has 0 aliphatic carbocycles. The van der Waals surface area contributed by atoms with E-state index in [1.54, 1.807) is 14.2 Å². The fraction of sp³-hybridized carbons (Fsp3) is 0.588. The SMILES string of the molecule is CN=C(NCCCOC)NCC(C)(C)Cc1cccc(Cl)c1.I. The lowest BCUT2D eigenvalue weighted by molar-refractivity contribution is 0.195. The molecule has 0 saturated carbocycles. The predicted molar refractivity (Wildman–Crippen MR) is 110 cm³/mol. The van der Waals surface area contributed by atoms with Gasteiger partial charge in [0.1, 0.15) is 0 Å². The molecule has 0 bridgehead atoms. The Balaban J connectivity index is 0.00000484. The number of guanidine groups is 1. The van der Waals surface area contributed by atoms with Gasteiger partial charge in [-0.1, -0.05) is 37.6 Å². The summed E-state index contributed by atoms with van der Waals surface area (Å²) in [6.45, 7) is 6.91. The average molecular weight is 454 g/mol. The quantitative estimate of drug-likeness (QED) is 0.273. The highest BCUT2D eigenvalue weighted by Crippen LogP contribution is 2.22. The first-order valence-corrected chi connectivity index (χ1v) is 8.02. The van der Waals surface area contributed by atoms with Crippen LogP contribution in [-0.4, -0.2) is 39.8 Å². The van der Waals surface area contributed by atoms with Gasteiger partial charge in [-0.3, -0.25) is 4.99 Å². The molecule has 2 N–H and O–H groups in total. The second-order valence-corrected chi connectivity index (χ2v) is 6.61. The Kier molecular flexibility index (Phi) is 11.6. The molecule has 0 aromatic heterocycles. The maximum Gasteiger partial charge on any atom is 0.190 e. The first-order chi connectivity index (χ1) is 10.5. The molecule has 0 amide bonds. The Morgan fingerprint density at radius 2 is 2.04 bits per heavy atom. The molecule has 4 nitrogen and oxygen atoms in total. The number of ether oxygens (including phenoxy) is 1. The van der Waals surface area contributed by atoms with Crippen molar-refractivity contribution in [3.8, 4) is 0 Å². The molecule has 0 saturated heterocycles. The molecule has 0 aliphatic rings. The Morgan fingerprint density at radius 1 is 1.30 bits per heavy atom. The minimum Gasteiger partial charge on any atom is -0.385 e. The van der Waals surface area contributed by atoms with Crippen molar-refractivity contribution in [2.24, 2.45) is 10.4 Å². The molecular weight excluding hydrogens is 425 g/mol. The minimum absolute atomic E-state index is 0. The molecule has 0 radical (unpaired) electrons. The van der Waals surface area contributed by atoms with Gasteiger partial charge in [-0.15, -0.1) is 24.0 Å². The van der Waals surface area contributed by atoms with Crippen LogP contribution < -0.4 is 10.6 Å². The highest BCUT2D eigenvalue weighted by molar-refractivity contribution is 14.0. The first-order valence-electron chi connectivity index (χ1n) is 7.65. The van der Waals surface area contributed by atoms with E-state index in [9.17, 15) is 0 Å². The summed E-state index contributed by atoms with van der Waals surface area (Å²) >= 11 is 6.05. The Labute approximate surface area is 162 Å². The standard InChI is InChI=1S/C17H28ClN3O.HI/c1-17(2,12-14-7-5-8-15(18)11-14)13-21-16(19-3)20-9-6-10-22-4;/h5,7-8,11H,6,9-10,12-13H2,1-4H3,(H2,19,20,21);1H. The number of halogens is 2. The van der Waals surface area contributed by atoms with Crippen molar-refractivity contribution in [2.45, 2.75) is 26.7 Å². The normalized spacial score (nSPS) is 11.8. The second kappa shape index (κ2) is 11.9. The van der Waals surface area contributed by atoms with Crippen LogP contribution >= 0.6 is 35.6 Å². The summed E-state index contributed by atoms with van der Waals surface area (Å²) in [7, 11) is 3.50. The summed E-state index contributed by atoms with van der Waals surface area (Å²) in [5.41, 5.74) is 1.36. The van der Waals surface area contributed by atoms with Gasteiger partial charge >= 0.3 is 0 Å². The number of aliphatic imine (C=N–C) groups is 1. The van der Waals surface area contributed by atoms with Crippen LogP contribution in [-0.2, 0) is 11.2 Å². The summed E-state index contributed by atoms with van der Waals surface area (Å²) < 4.78 is 5.04. The maximum atomic E-state index is 6.05. The predicted octanol–water partition coefficient (Wildman–Crippen LogP) is 3.73. The zero-order valence-corrected chi connectivity index (χ0v) is 17.6. The van der Waals surface area contributed by atoms with Gasteiger partial charge in [0, 0.05) is 38.9 Å². The summed E-state index contributed by atoms with van der Waals surface area (Å²) in [6.07, 6.45) is 1.92. The number of nitrogens with one attached hydrogen (secondary N) is 2. The van der Waals surface area contributed by atoms with Crippen molar-refractivity contribution in [3.05, 3.63) is 34.9 Å². The summed E-state index contributed by atoms with van der Waals surface area (Å²) in [4.78, 5) is 4.24. The zero-order chi connectivity index (χ0) is 16.4. The van der Waals surface area contributed by atoms with Gasteiger partial charge in [-0.2, -0.15) is 0 Å². The zero-order valence-electron chi connectivity index (χ0n) is 14.5. The molecule has 0 unspecified atom stereocenters. The van der Waals surface area contributed by atoms with Crippen molar-refractivity contribution in [3.63, 3.8) is 0 Å². The summed E-state index contributed by atoms with van der Waals surface area (Å²) in [6, 6.07) is 8.05. The van der Waals surface area contributed by atoms with Crippen LogP contribution in [0.15, 0.2) is 29.3 Å². The van der Waals surface area contributed by atoms with Crippen molar-refractivity contribution in [2.75, 3.05) is 33.9 Å². The van der Waals surface area contributed by atoms with Crippen LogP contribution in [0.2, 0.25) is 5.02 Å². The van der Waals surface area contributed by atoms with Crippen molar-refractivity contribution >= 4 is 41.5 Å². The smallest absolute Gasteiger partial charge is 0.190 e. The van der Waals surface area contributed by atoms with E-state index < -0.39 is 0 Å². The minimum atomic E-state index is 0. The largest absolute Gasteiger partial charge is 0.385 e. The van der Waals surface area contributed by atoms with E-state index in [4.69, 9.17) is 16.3 Å². The number of methoxy groups -OCH3 is 1. The van der Waals surface area contributed by atoms with E-state index in [2.05, 4.69) is 35.5 Å². The first kappa shape index (κ1) is 22.5. The average Bonchev–Trinajstić information content (AvgIpc) is 2.46. The van der Waals surface area contributed by atoms with Crippen LogP contribution in [0.25, 0.3) is 0 Å². The van der Waals surface area contributed by atoms with Gasteiger partial charge in [-0.25, -0.2) is 0 Å².